The molecule has 94 valence electrons. The molecule has 1 heterocycles. The summed E-state index contributed by atoms with van der Waals surface area (Å²) in [5.41, 5.74) is 0. The second kappa shape index (κ2) is 6.31. The third-order valence-electron chi connectivity index (χ3n) is 1.99. The van der Waals surface area contributed by atoms with Crippen LogP contribution in [0.4, 0.5) is 0 Å². The molecule has 1 atom stereocenters. The molecule has 0 saturated heterocycles. The molecule has 6 nitrogen and oxygen atoms in total. The van der Waals surface area contributed by atoms with Gasteiger partial charge in [-0.15, -0.1) is 11.3 Å². The fourth-order valence-corrected chi connectivity index (χ4v) is 2.04. The van der Waals surface area contributed by atoms with Crippen LogP contribution in [0.25, 0.3) is 0 Å². The van der Waals surface area contributed by atoms with E-state index >= 15 is 0 Å². The number of aryl methyl sites for hydroxylation is 1. The van der Waals surface area contributed by atoms with E-state index in [9.17, 15) is 9.59 Å². The molecule has 7 heteroatoms. The van der Waals surface area contributed by atoms with Crippen molar-refractivity contribution in [3.63, 3.8) is 0 Å². The number of thiazole rings is 1. The Hall–Kier alpha value is -1.47. The molecule has 0 saturated carbocycles. The number of nitrogens with zero attached hydrogens (tertiary/aromatic N) is 1. The molecule has 0 aliphatic heterocycles. The second-order valence-electron chi connectivity index (χ2n) is 3.57. The smallest absolute Gasteiger partial charge is 0.327 e. The van der Waals surface area contributed by atoms with Gasteiger partial charge in [-0.3, -0.25) is 4.79 Å². The lowest BCUT2D eigenvalue weighted by Crippen LogP contribution is -2.46. The second-order valence-corrected chi connectivity index (χ2v) is 4.89. The highest BCUT2D eigenvalue weighted by Gasteiger charge is 2.17. The number of rotatable bonds is 6. The molecule has 0 bridgehead atoms. The van der Waals surface area contributed by atoms with Gasteiger partial charge in [0.05, 0.1) is 5.01 Å². The van der Waals surface area contributed by atoms with Crippen LogP contribution in [0.15, 0.2) is 6.20 Å². The molecule has 0 aliphatic carbocycles. The van der Waals surface area contributed by atoms with Gasteiger partial charge in [-0.05, 0) is 6.92 Å². The molecule has 17 heavy (non-hydrogen) atoms. The summed E-state index contributed by atoms with van der Waals surface area (Å²) in [7, 11) is 0. The normalized spacial score (nSPS) is 12.1. The lowest BCUT2D eigenvalue weighted by Gasteiger charge is -2.13. The van der Waals surface area contributed by atoms with Crippen molar-refractivity contribution >= 4 is 23.2 Å². The SMILES string of the molecule is CC(=O)NC(CNCc1cnc(C)s1)C(=O)O. The molecule has 0 aliphatic rings. The highest BCUT2D eigenvalue weighted by molar-refractivity contribution is 7.11. The van der Waals surface area contributed by atoms with Crippen LogP contribution in [-0.4, -0.2) is 34.6 Å². The fraction of sp³-hybridized carbons (Fsp3) is 0.500. The van der Waals surface area contributed by atoms with Gasteiger partial charge in [0.15, 0.2) is 0 Å². The number of carbonyl (C=O) groups is 2. The average Bonchev–Trinajstić information content (AvgIpc) is 2.62. The largest absolute Gasteiger partial charge is 0.480 e. The van der Waals surface area contributed by atoms with Crippen LogP contribution in [0, 0.1) is 6.92 Å². The summed E-state index contributed by atoms with van der Waals surface area (Å²) < 4.78 is 0. The molecule has 0 spiro atoms. The number of carbonyl (C=O) groups excluding carboxylic acids is 1. The molecule has 1 amide bonds. The summed E-state index contributed by atoms with van der Waals surface area (Å²) in [6.45, 7) is 3.94. The maximum atomic E-state index is 10.8. The number of hydrogen-bond acceptors (Lipinski definition) is 5. The van der Waals surface area contributed by atoms with Crippen molar-refractivity contribution in [2.45, 2.75) is 26.4 Å². The third kappa shape index (κ3) is 4.92. The van der Waals surface area contributed by atoms with E-state index < -0.39 is 12.0 Å². The van der Waals surface area contributed by atoms with Crippen LogP contribution in [-0.2, 0) is 16.1 Å². The van der Waals surface area contributed by atoms with E-state index in [4.69, 9.17) is 5.11 Å². The molecule has 1 aromatic heterocycles. The lowest BCUT2D eigenvalue weighted by atomic mass is 10.3. The minimum Gasteiger partial charge on any atom is -0.480 e. The summed E-state index contributed by atoms with van der Waals surface area (Å²) >= 11 is 1.55. The fourth-order valence-electron chi connectivity index (χ4n) is 1.27. The number of carboxylic acids is 1. The van der Waals surface area contributed by atoms with Gasteiger partial charge in [0.1, 0.15) is 6.04 Å². The Balaban J connectivity index is 2.37. The van der Waals surface area contributed by atoms with Gasteiger partial charge in [-0.2, -0.15) is 0 Å². The van der Waals surface area contributed by atoms with E-state index in [1.54, 1.807) is 17.5 Å². The molecule has 0 aromatic carbocycles. The summed E-state index contributed by atoms with van der Waals surface area (Å²) in [5, 5.41) is 15.2. The van der Waals surface area contributed by atoms with Crippen molar-refractivity contribution in [3.8, 4) is 0 Å². The molecular formula is C10H15N3O3S. The van der Waals surface area contributed by atoms with Gasteiger partial charge in [0.2, 0.25) is 5.91 Å². The van der Waals surface area contributed by atoms with Crippen molar-refractivity contribution in [3.05, 3.63) is 16.1 Å². The van der Waals surface area contributed by atoms with Crippen LogP contribution in [0.3, 0.4) is 0 Å². The number of aliphatic carboxylic acids is 1. The van der Waals surface area contributed by atoms with Gasteiger partial charge in [0.25, 0.3) is 0 Å². The first-order valence-corrected chi connectivity index (χ1v) is 5.92. The van der Waals surface area contributed by atoms with E-state index in [0.29, 0.717) is 6.54 Å². The predicted molar refractivity (Wildman–Crippen MR) is 63.8 cm³/mol. The number of hydrogen-bond donors (Lipinski definition) is 3. The Morgan fingerprint density at radius 2 is 2.29 bits per heavy atom. The van der Waals surface area contributed by atoms with Crippen LogP contribution < -0.4 is 10.6 Å². The van der Waals surface area contributed by atoms with Crippen molar-refractivity contribution in [1.29, 1.82) is 0 Å². The van der Waals surface area contributed by atoms with Gasteiger partial charge in [-0.25, -0.2) is 9.78 Å². The number of aromatic nitrogens is 1. The molecule has 1 unspecified atom stereocenters. The molecular weight excluding hydrogens is 242 g/mol. The van der Waals surface area contributed by atoms with Crippen LogP contribution in [0.1, 0.15) is 16.8 Å². The highest BCUT2D eigenvalue weighted by atomic mass is 32.1. The zero-order chi connectivity index (χ0) is 12.8. The summed E-state index contributed by atoms with van der Waals surface area (Å²) in [5.74, 6) is -1.40. The van der Waals surface area contributed by atoms with Crippen LogP contribution >= 0.6 is 11.3 Å². The van der Waals surface area contributed by atoms with Crippen molar-refractivity contribution in [1.82, 2.24) is 15.6 Å². The summed E-state index contributed by atoms with van der Waals surface area (Å²) in [4.78, 5) is 26.7. The van der Waals surface area contributed by atoms with E-state index in [2.05, 4.69) is 15.6 Å². The van der Waals surface area contributed by atoms with Gasteiger partial charge in [0, 0.05) is 31.1 Å². The summed E-state index contributed by atoms with van der Waals surface area (Å²) in [6, 6.07) is -0.901. The Labute approximate surface area is 103 Å². The monoisotopic (exact) mass is 257 g/mol. The van der Waals surface area contributed by atoms with E-state index in [1.807, 2.05) is 6.92 Å². The zero-order valence-electron chi connectivity index (χ0n) is 9.69. The Morgan fingerprint density at radius 1 is 1.59 bits per heavy atom. The van der Waals surface area contributed by atoms with E-state index in [1.165, 1.54) is 6.92 Å². The minimum absolute atomic E-state index is 0.186. The molecule has 0 fully saturated rings. The van der Waals surface area contributed by atoms with Crippen LogP contribution in [0.2, 0.25) is 0 Å². The molecule has 3 N–H and O–H groups in total. The topological polar surface area (TPSA) is 91.3 Å². The quantitative estimate of drug-likeness (QED) is 0.674. The lowest BCUT2D eigenvalue weighted by molar-refractivity contribution is -0.141. The van der Waals surface area contributed by atoms with Gasteiger partial charge >= 0.3 is 5.97 Å². The molecule has 1 aromatic rings. The first-order chi connectivity index (χ1) is 7.99. The number of nitrogens with one attached hydrogen (secondary N) is 2. The van der Waals surface area contributed by atoms with Crippen molar-refractivity contribution in [2.24, 2.45) is 0 Å². The average molecular weight is 257 g/mol. The summed E-state index contributed by atoms with van der Waals surface area (Å²) in [6.07, 6.45) is 1.75. The Kier molecular flexibility index (Phi) is 5.05. The molecule has 1 rings (SSSR count). The first-order valence-electron chi connectivity index (χ1n) is 5.11. The minimum atomic E-state index is -1.05. The number of amides is 1. The maximum absolute atomic E-state index is 10.8. The zero-order valence-corrected chi connectivity index (χ0v) is 10.5. The van der Waals surface area contributed by atoms with E-state index in [-0.39, 0.29) is 12.5 Å². The highest BCUT2D eigenvalue weighted by Crippen LogP contribution is 2.10. The maximum Gasteiger partial charge on any atom is 0.327 e. The Bertz CT molecular complexity index is 405. The standard InChI is InChI=1S/C10H15N3O3S/c1-6(14)13-9(10(15)16)5-11-3-8-4-12-7(2)17-8/h4,9,11H,3,5H2,1-2H3,(H,13,14)(H,15,16). The molecule has 0 radical (unpaired) electrons. The van der Waals surface area contributed by atoms with Crippen molar-refractivity contribution < 1.29 is 14.7 Å². The number of carboxylic acid groups (broad SMARTS) is 1. The first kappa shape index (κ1) is 13.6. The van der Waals surface area contributed by atoms with Crippen LogP contribution in [0.5, 0.6) is 0 Å². The van der Waals surface area contributed by atoms with Gasteiger partial charge < -0.3 is 15.7 Å². The third-order valence-corrected chi connectivity index (χ3v) is 2.91. The van der Waals surface area contributed by atoms with E-state index in [0.717, 1.165) is 9.88 Å². The van der Waals surface area contributed by atoms with Gasteiger partial charge in [-0.1, -0.05) is 0 Å². The van der Waals surface area contributed by atoms with Crippen molar-refractivity contribution in [2.75, 3.05) is 6.54 Å². The predicted octanol–water partition coefficient (Wildman–Crippen LogP) is 0.130. The Morgan fingerprint density at radius 3 is 2.76 bits per heavy atom.